The van der Waals surface area contributed by atoms with E-state index in [0.717, 1.165) is 13.0 Å². The van der Waals surface area contributed by atoms with Crippen molar-refractivity contribution >= 4 is 21.9 Å². The Kier molecular flexibility index (Phi) is 14.0. The van der Waals surface area contributed by atoms with Gasteiger partial charge >= 0.3 is 5.97 Å². The summed E-state index contributed by atoms with van der Waals surface area (Å²) in [4.78, 5) is 11.9. The molecule has 0 aliphatic rings. The van der Waals surface area contributed by atoms with E-state index in [1.54, 1.807) is 19.9 Å². The largest absolute Gasteiger partial charge is 0.463 e. The maximum absolute atomic E-state index is 14.5. The third kappa shape index (κ3) is 11.3. The number of hydrogen-bond acceptors (Lipinski definition) is 8. The maximum Gasteiger partial charge on any atom is 0.333 e. The summed E-state index contributed by atoms with van der Waals surface area (Å²) in [5, 5.41) is 0. The zero-order chi connectivity index (χ0) is 27.8. The van der Waals surface area contributed by atoms with Gasteiger partial charge in [0.25, 0.3) is 0 Å². The van der Waals surface area contributed by atoms with Crippen LogP contribution >= 0.6 is 0 Å². The van der Waals surface area contributed by atoms with Gasteiger partial charge < -0.3 is 23.7 Å². The van der Waals surface area contributed by atoms with Crippen molar-refractivity contribution in [3.63, 3.8) is 0 Å². The molecule has 0 radical (unpaired) electrons. The normalized spacial score (nSPS) is 11.9. The molecule has 8 nitrogen and oxygen atoms in total. The van der Waals surface area contributed by atoms with Crippen LogP contribution in [0.1, 0.15) is 39.2 Å². The van der Waals surface area contributed by atoms with Gasteiger partial charge in [-0.1, -0.05) is 13.0 Å². The van der Waals surface area contributed by atoms with Crippen LogP contribution in [0.4, 0.5) is 4.39 Å². The molecule has 0 aliphatic carbocycles. The molecule has 0 saturated heterocycles. The van der Waals surface area contributed by atoms with Gasteiger partial charge in [-0.25, -0.2) is 17.6 Å². The minimum absolute atomic E-state index is 0.0267. The maximum atomic E-state index is 14.5. The van der Waals surface area contributed by atoms with Crippen molar-refractivity contribution in [1.82, 2.24) is 0 Å². The average molecular weight is 553 g/mol. The fourth-order valence-electron chi connectivity index (χ4n) is 3.24. The van der Waals surface area contributed by atoms with Gasteiger partial charge in [-0.15, -0.1) is 0 Å². The highest BCUT2D eigenvalue weighted by atomic mass is 32.2. The van der Waals surface area contributed by atoms with Gasteiger partial charge in [0, 0.05) is 18.8 Å². The fraction of sp³-hybridized carbons (Fsp3) is 0.464. The summed E-state index contributed by atoms with van der Waals surface area (Å²) in [6, 6.07) is 10.1. The summed E-state index contributed by atoms with van der Waals surface area (Å²) in [6.45, 7) is 8.48. The number of sulfone groups is 1. The fourth-order valence-corrected chi connectivity index (χ4v) is 4.52. The molecule has 0 aliphatic heterocycles. The summed E-state index contributed by atoms with van der Waals surface area (Å²) >= 11 is 0. The minimum Gasteiger partial charge on any atom is -0.463 e. The Morgan fingerprint density at radius 1 is 0.895 bits per heavy atom. The van der Waals surface area contributed by atoms with E-state index in [4.69, 9.17) is 23.7 Å². The molecule has 2 aromatic rings. The van der Waals surface area contributed by atoms with Gasteiger partial charge in [0.2, 0.25) is 0 Å². The van der Waals surface area contributed by atoms with Crippen LogP contribution in [0.15, 0.2) is 52.9 Å². The zero-order valence-electron chi connectivity index (χ0n) is 22.2. The highest BCUT2D eigenvalue weighted by molar-refractivity contribution is 7.91. The van der Waals surface area contributed by atoms with Crippen molar-refractivity contribution in [1.29, 1.82) is 0 Å². The molecule has 0 N–H and O–H groups in total. The van der Waals surface area contributed by atoms with E-state index in [1.165, 1.54) is 42.5 Å². The molecule has 0 heterocycles. The van der Waals surface area contributed by atoms with E-state index >= 15 is 0 Å². The van der Waals surface area contributed by atoms with Crippen LogP contribution in [0.25, 0.3) is 6.08 Å². The van der Waals surface area contributed by atoms with Crippen LogP contribution < -0.4 is 4.74 Å². The zero-order valence-corrected chi connectivity index (χ0v) is 23.1. The highest BCUT2D eigenvalue weighted by Gasteiger charge is 2.15. The molecule has 0 unspecified atom stereocenters. The van der Waals surface area contributed by atoms with Crippen molar-refractivity contribution in [2.75, 3.05) is 52.0 Å². The highest BCUT2D eigenvalue weighted by Crippen LogP contribution is 2.27. The van der Waals surface area contributed by atoms with Crippen LogP contribution in [-0.2, 0) is 33.6 Å². The number of esters is 1. The van der Waals surface area contributed by atoms with Crippen LogP contribution in [0, 0.1) is 5.82 Å². The Bertz CT molecular complexity index is 1130. The summed E-state index contributed by atoms with van der Waals surface area (Å²) in [5.74, 6) is -0.890. The lowest BCUT2D eigenvalue weighted by molar-refractivity contribution is -0.138. The quantitative estimate of drug-likeness (QED) is 0.141. The van der Waals surface area contributed by atoms with Gasteiger partial charge in [-0.3, -0.25) is 0 Å². The molecule has 2 aromatic carbocycles. The Morgan fingerprint density at radius 3 is 2.13 bits per heavy atom. The lowest BCUT2D eigenvalue weighted by Crippen LogP contribution is -2.12. The van der Waals surface area contributed by atoms with Gasteiger partial charge in [-0.2, -0.15) is 0 Å². The third-order valence-electron chi connectivity index (χ3n) is 5.14. The molecule has 0 spiro atoms. The van der Waals surface area contributed by atoms with Crippen LogP contribution in [0.5, 0.6) is 11.5 Å². The van der Waals surface area contributed by atoms with Crippen molar-refractivity contribution in [2.24, 2.45) is 0 Å². The molecule has 0 atom stereocenters. The predicted octanol–water partition coefficient (Wildman–Crippen LogP) is 5.21. The molecule has 0 aromatic heterocycles. The van der Waals surface area contributed by atoms with Gasteiger partial charge in [-0.05, 0) is 74.7 Å². The number of ether oxygens (including phenoxy) is 5. The van der Waals surface area contributed by atoms with Crippen molar-refractivity contribution in [3.05, 3.63) is 59.4 Å². The summed E-state index contributed by atoms with van der Waals surface area (Å²) in [6.07, 6.45) is 2.84. The van der Waals surface area contributed by atoms with Crippen molar-refractivity contribution in [2.45, 2.75) is 38.5 Å². The first-order valence-corrected chi connectivity index (χ1v) is 14.3. The Balaban J connectivity index is 1.80. The molecular weight excluding hydrogens is 515 g/mol. The van der Waals surface area contributed by atoms with E-state index in [1.807, 2.05) is 6.92 Å². The SMILES string of the molecule is CCCOCCOCCOCCCS(=O)(=O)c1ccc(Oc2ccc(/C=C(\C)C(=O)OCC)cc2F)cc1. The van der Waals surface area contributed by atoms with E-state index < -0.39 is 21.6 Å². The predicted molar refractivity (Wildman–Crippen MR) is 143 cm³/mol. The first-order chi connectivity index (χ1) is 18.3. The second kappa shape index (κ2) is 16.9. The molecule has 0 fully saturated rings. The average Bonchev–Trinajstić information content (AvgIpc) is 2.89. The molecular formula is C28H37FO8S. The Morgan fingerprint density at radius 2 is 1.53 bits per heavy atom. The van der Waals surface area contributed by atoms with Crippen LogP contribution in [0.2, 0.25) is 0 Å². The molecule has 0 saturated carbocycles. The molecule has 38 heavy (non-hydrogen) atoms. The summed E-state index contributed by atoms with van der Waals surface area (Å²) in [7, 11) is -3.50. The molecule has 0 bridgehead atoms. The number of carbonyl (C=O) groups is 1. The summed E-state index contributed by atoms with van der Waals surface area (Å²) in [5.41, 5.74) is 0.830. The topological polar surface area (TPSA) is 97.4 Å². The summed E-state index contributed by atoms with van der Waals surface area (Å²) < 4.78 is 66.3. The standard InChI is InChI=1S/C28H37FO8S/c1-4-13-33-15-17-35-18-16-34-14-6-19-38(31,32)25-10-8-24(9-11-25)37-27-12-7-23(21-26(27)29)20-22(3)28(30)36-5-2/h7-12,20-21H,4-6,13-19H2,1-3H3/b22-20+. The number of carbonyl (C=O) groups excluding carboxylic acids is 1. The van der Waals surface area contributed by atoms with E-state index in [9.17, 15) is 17.6 Å². The van der Waals surface area contributed by atoms with Crippen molar-refractivity contribution in [3.8, 4) is 11.5 Å². The van der Waals surface area contributed by atoms with Gasteiger partial charge in [0.1, 0.15) is 5.75 Å². The minimum atomic E-state index is -3.50. The van der Waals surface area contributed by atoms with Crippen LogP contribution in [0.3, 0.4) is 0 Å². The first-order valence-electron chi connectivity index (χ1n) is 12.7. The van der Waals surface area contributed by atoms with Gasteiger partial charge in [0.15, 0.2) is 21.4 Å². The molecule has 0 amide bonds. The lowest BCUT2D eigenvalue weighted by atomic mass is 10.1. The number of halogens is 1. The monoisotopic (exact) mass is 552 g/mol. The number of hydrogen-bond donors (Lipinski definition) is 0. The first kappa shape index (κ1) is 31.4. The molecule has 210 valence electrons. The second-order valence-electron chi connectivity index (χ2n) is 8.32. The Labute approximate surface area is 224 Å². The Hall–Kier alpha value is -2.79. The smallest absolute Gasteiger partial charge is 0.333 e. The molecule has 10 heteroatoms. The third-order valence-corrected chi connectivity index (χ3v) is 6.96. The van der Waals surface area contributed by atoms with Gasteiger partial charge in [0.05, 0.1) is 43.7 Å². The molecule has 2 rings (SSSR count). The number of benzene rings is 2. The number of rotatable bonds is 18. The van der Waals surface area contributed by atoms with E-state index in [-0.39, 0.29) is 28.8 Å². The van der Waals surface area contributed by atoms with Crippen molar-refractivity contribution < 1.29 is 41.3 Å². The lowest BCUT2D eigenvalue weighted by Gasteiger charge is -2.10. The van der Waals surface area contributed by atoms with Crippen LogP contribution in [-0.4, -0.2) is 66.4 Å². The van der Waals surface area contributed by atoms with E-state index in [2.05, 4.69) is 0 Å². The van der Waals surface area contributed by atoms with E-state index in [0.29, 0.717) is 50.6 Å². The second-order valence-corrected chi connectivity index (χ2v) is 10.4.